The Morgan fingerprint density at radius 2 is 2.43 bits per heavy atom. The van der Waals surface area contributed by atoms with Crippen LogP contribution in [0.25, 0.3) is 0 Å². The summed E-state index contributed by atoms with van der Waals surface area (Å²) in [4.78, 5) is 0. The third kappa shape index (κ3) is 2.45. The molecule has 0 saturated heterocycles. The molecule has 78 valence electrons. The molecule has 3 heteroatoms. The molecule has 1 N–H and O–H groups in total. The molecule has 1 aromatic rings. The van der Waals surface area contributed by atoms with Gasteiger partial charge in [-0.25, -0.2) is 0 Å². The largest absolute Gasteiger partial charge is 0.311 e. The van der Waals surface area contributed by atoms with Crippen molar-refractivity contribution in [2.45, 2.75) is 25.8 Å². The molecule has 1 unspecified atom stereocenters. The standard InChI is InChI=1S/C11H19N3/c1-5-9(2)8-10(12-3)11-6-7-13-14(11)4/h6-7,10,12H,2,5,8H2,1,3-4H3. The van der Waals surface area contributed by atoms with Crippen LogP contribution in [0.4, 0.5) is 0 Å². The van der Waals surface area contributed by atoms with E-state index in [4.69, 9.17) is 0 Å². The van der Waals surface area contributed by atoms with Gasteiger partial charge in [0.25, 0.3) is 0 Å². The van der Waals surface area contributed by atoms with Crippen LogP contribution in [0.5, 0.6) is 0 Å². The molecule has 14 heavy (non-hydrogen) atoms. The smallest absolute Gasteiger partial charge is 0.0553 e. The van der Waals surface area contributed by atoms with Crippen molar-refractivity contribution in [3.8, 4) is 0 Å². The normalized spacial score (nSPS) is 12.8. The highest BCUT2D eigenvalue weighted by atomic mass is 15.3. The molecule has 1 rings (SSSR count). The van der Waals surface area contributed by atoms with E-state index < -0.39 is 0 Å². The number of rotatable bonds is 5. The summed E-state index contributed by atoms with van der Waals surface area (Å²) in [6.07, 6.45) is 3.84. The highest BCUT2D eigenvalue weighted by Gasteiger charge is 2.12. The predicted octanol–water partition coefficient (Wildman–Crippen LogP) is 2.04. The average Bonchev–Trinajstić information content (AvgIpc) is 2.60. The first kappa shape index (κ1) is 11.0. The van der Waals surface area contributed by atoms with Gasteiger partial charge in [0.1, 0.15) is 0 Å². The summed E-state index contributed by atoms with van der Waals surface area (Å²) in [5.74, 6) is 0. The van der Waals surface area contributed by atoms with Crippen molar-refractivity contribution >= 4 is 0 Å². The van der Waals surface area contributed by atoms with E-state index in [0.717, 1.165) is 12.8 Å². The van der Waals surface area contributed by atoms with E-state index in [2.05, 4.69) is 23.9 Å². The number of aryl methyl sites for hydroxylation is 1. The Labute approximate surface area is 85.8 Å². The molecule has 0 aliphatic carbocycles. The summed E-state index contributed by atoms with van der Waals surface area (Å²) in [5, 5.41) is 7.45. The second-order valence-corrected chi connectivity index (χ2v) is 3.53. The first-order chi connectivity index (χ1) is 6.69. The van der Waals surface area contributed by atoms with Gasteiger partial charge in [0.15, 0.2) is 0 Å². The van der Waals surface area contributed by atoms with Crippen molar-refractivity contribution in [2.24, 2.45) is 7.05 Å². The highest BCUT2D eigenvalue weighted by molar-refractivity contribution is 5.10. The van der Waals surface area contributed by atoms with Crippen LogP contribution in [-0.4, -0.2) is 16.8 Å². The molecule has 0 aliphatic heterocycles. The molecule has 0 amide bonds. The van der Waals surface area contributed by atoms with Gasteiger partial charge >= 0.3 is 0 Å². The lowest BCUT2D eigenvalue weighted by molar-refractivity contribution is 0.531. The Bertz CT molecular complexity index is 301. The van der Waals surface area contributed by atoms with E-state index in [1.54, 1.807) is 0 Å². The predicted molar refractivity (Wildman–Crippen MR) is 59.1 cm³/mol. The van der Waals surface area contributed by atoms with Crippen molar-refractivity contribution in [3.05, 3.63) is 30.1 Å². The molecular weight excluding hydrogens is 174 g/mol. The molecule has 0 aromatic carbocycles. The summed E-state index contributed by atoms with van der Waals surface area (Å²) >= 11 is 0. The molecule has 1 aromatic heterocycles. The van der Waals surface area contributed by atoms with Gasteiger partial charge < -0.3 is 5.32 Å². The van der Waals surface area contributed by atoms with E-state index in [9.17, 15) is 0 Å². The monoisotopic (exact) mass is 193 g/mol. The lowest BCUT2D eigenvalue weighted by Crippen LogP contribution is -2.19. The summed E-state index contributed by atoms with van der Waals surface area (Å²) in [7, 11) is 3.94. The first-order valence-corrected chi connectivity index (χ1v) is 5.00. The zero-order valence-electron chi connectivity index (χ0n) is 9.25. The molecule has 0 spiro atoms. The lowest BCUT2D eigenvalue weighted by atomic mass is 10.0. The van der Waals surface area contributed by atoms with Crippen LogP contribution in [0, 0.1) is 0 Å². The van der Waals surface area contributed by atoms with Gasteiger partial charge in [0.05, 0.1) is 11.7 Å². The summed E-state index contributed by atoms with van der Waals surface area (Å²) in [6.45, 7) is 6.17. The maximum absolute atomic E-state index is 4.17. The Morgan fingerprint density at radius 3 is 2.86 bits per heavy atom. The highest BCUT2D eigenvalue weighted by Crippen LogP contribution is 2.20. The molecular formula is C11H19N3. The fourth-order valence-electron chi connectivity index (χ4n) is 1.51. The number of nitrogens with one attached hydrogen (secondary N) is 1. The zero-order chi connectivity index (χ0) is 10.6. The van der Waals surface area contributed by atoms with Gasteiger partial charge in [-0.3, -0.25) is 4.68 Å². The Hall–Kier alpha value is -1.09. The van der Waals surface area contributed by atoms with Gasteiger partial charge in [0, 0.05) is 13.2 Å². The topological polar surface area (TPSA) is 29.9 Å². The quantitative estimate of drug-likeness (QED) is 0.725. The van der Waals surface area contributed by atoms with E-state index >= 15 is 0 Å². The van der Waals surface area contributed by atoms with Gasteiger partial charge in [-0.05, 0) is 26.0 Å². The number of nitrogens with zero attached hydrogens (tertiary/aromatic N) is 2. The number of hydrogen-bond acceptors (Lipinski definition) is 2. The fourth-order valence-corrected chi connectivity index (χ4v) is 1.51. The van der Waals surface area contributed by atoms with Crippen molar-refractivity contribution in [1.29, 1.82) is 0 Å². The molecule has 0 aliphatic rings. The molecule has 0 bridgehead atoms. The van der Waals surface area contributed by atoms with E-state index in [0.29, 0.717) is 6.04 Å². The van der Waals surface area contributed by atoms with Gasteiger partial charge in [0.2, 0.25) is 0 Å². The minimum absolute atomic E-state index is 0.329. The van der Waals surface area contributed by atoms with Gasteiger partial charge in [-0.2, -0.15) is 5.10 Å². The Morgan fingerprint density at radius 1 is 1.71 bits per heavy atom. The average molecular weight is 193 g/mol. The van der Waals surface area contributed by atoms with Crippen molar-refractivity contribution in [3.63, 3.8) is 0 Å². The third-order valence-electron chi connectivity index (χ3n) is 2.56. The second kappa shape index (κ2) is 4.96. The molecule has 0 saturated carbocycles. The molecule has 0 radical (unpaired) electrons. The maximum Gasteiger partial charge on any atom is 0.0553 e. The van der Waals surface area contributed by atoms with E-state index in [1.807, 2.05) is 31.0 Å². The van der Waals surface area contributed by atoms with Crippen LogP contribution >= 0.6 is 0 Å². The first-order valence-electron chi connectivity index (χ1n) is 5.00. The zero-order valence-corrected chi connectivity index (χ0v) is 9.25. The number of hydrogen-bond donors (Lipinski definition) is 1. The van der Waals surface area contributed by atoms with Crippen LogP contribution in [-0.2, 0) is 7.05 Å². The van der Waals surface area contributed by atoms with Crippen LogP contribution in [0.1, 0.15) is 31.5 Å². The summed E-state index contributed by atoms with van der Waals surface area (Å²) in [6, 6.07) is 2.37. The van der Waals surface area contributed by atoms with Crippen molar-refractivity contribution < 1.29 is 0 Å². The maximum atomic E-state index is 4.17. The van der Waals surface area contributed by atoms with Crippen LogP contribution in [0.3, 0.4) is 0 Å². The minimum atomic E-state index is 0.329. The second-order valence-electron chi connectivity index (χ2n) is 3.53. The molecule has 1 heterocycles. The SMILES string of the molecule is C=C(CC)CC(NC)c1ccnn1C. The molecule has 0 fully saturated rings. The minimum Gasteiger partial charge on any atom is -0.311 e. The van der Waals surface area contributed by atoms with Crippen molar-refractivity contribution in [2.75, 3.05) is 7.05 Å². The lowest BCUT2D eigenvalue weighted by Gasteiger charge is -2.17. The summed E-state index contributed by atoms with van der Waals surface area (Å²) < 4.78 is 1.91. The van der Waals surface area contributed by atoms with Gasteiger partial charge in [-0.15, -0.1) is 0 Å². The van der Waals surface area contributed by atoms with E-state index in [-0.39, 0.29) is 0 Å². The third-order valence-corrected chi connectivity index (χ3v) is 2.56. The fraction of sp³-hybridized carbons (Fsp3) is 0.545. The van der Waals surface area contributed by atoms with Crippen molar-refractivity contribution in [1.82, 2.24) is 15.1 Å². The van der Waals surface area contributed by atoms with Crippen LogP contribution < -0.4 is 5.32 Å². The Kier molecular flexibility index (Phi) is 3.89. The molecule has 3 nitrogen and oxygen atoms in total. The van der Waals surface area contributed by atoms with Gasteiger partial charge in [-0.1, -0.05) is 19.1 Å². The number of aromatic nitrogens is 2. The van der Waals surface area contributed by atoms with Crippen LogP contribution in [0.15, 0.2) is 24.4 Å². The summed E-state index contributed by atoms with van der Waals surface area (Å²) in [5.41, 5.74) is 2.48. The van der Waals surface area contributed by atoms with Crippen LogP contribution in [0.2, 0.25) is 0 Å². The Balaban J connectivity index is 2.72. The van der Waals surface area contributed by atoms with E-state index in [1.165, 1.54) is 11.3 Å². The molecule has 1 atom stereocenters.